The predicted molar refractivity (Wildman–Crippen MR) is 61.3 cm³/mol. The van der Waals surface area contributed by atoms with E-state index in [1.54, 1.807) is 0 Å². The molecule has 2 amide bonds. The van der Waals surface area contributed by atoms with Crippen molar-refractivity contribution < 1.29 is 9.59 Å². The van der Waals surface area contributed by atoms with Crippen LogP contribution in [0.1, 0.15) is 26.2 Å². The van der Waals surface area contributed by atoms with Crippen LogP contribution in [-0.4, -0.2) is 36.3 Å². The van der Waals surface area contributed by atoms with Crippen molar-refractivity contribution in [3.63, 3.8) is 0 Å². The molecule has 0 spiro atoms. The van der Waals surface area contributed by atoms with Crippen LogP contribution >= 0.6 is 0 Å². The van der Waals surface area contributed by atoms with Gasteiger partial charge < -0.3 is 16.4 Å². The maximum Gasteiger partial charge on any atom is 0.225 e. The third kappa shape index (κ3) is 3.20. The average molecular weight is 227 g/mol. The molecule has 92 valence electrons. The molecule has 1 saturated heterocycles. The van der Waals surface area contributed by atoms with Gasteiger partial charge in [-0.05, 0) is 25.8 Å². The van der Waals surface area contributed by atoms with Crippen molar-refractivity contribution in [3.8, 4) is 0 Å². The molecular formula is C11H21N3O2. The molecule has 5 heteroatoms. The normalized spacial score (nSPS) is 19.5. The Morgan fingerprint density at radius 2 is 1.94 bits per heavy atom. The Labute approximate surface area is 96.1 Å². The molecule has 0 bridgehead atoms. The van der Waals surface area contributed by atoms with Gasteiger partial charge in [0.25, 0.3) is 0 Å². The van der Waals surface area contributed by atoms with Gasteiger partial charge in [0, 0.05) is 24.9 Å². The highest BCUT2D eigenvalue weighted by Gasteiger charge is 2.27. The quantitative estimate of drug-likeness (QED) is 0.690. The number of nitrogens with two attached hydrogens (primary N) is 2. The van der Waals surface area contributed by atoms with E-state index >= 15 is 0 Å². The largest absolute Gasteiger partial charge is 0.369 e. The SMILES string of the molecule is CC(CCN)C(=O)N1CCC(C(N)=O)CC1. The first-order valence-electron chi connectivity index (χ1n) is 5.84. The Morgan fingerprint density at radius 3 is 2.38 bits per heavy atom. The summed E-state index contributed by atoms with van der Waals surface area (Å²) in [5.74, 6) is -0.181. The number of carbonyl (C=O) groups is 2. The highest BCUT2D eigenvalue weighted by atomic mass is 16.2. The summed E-state index contributed by atoms with van der Waals surface area (Å²) in [6.07, 6.45) is 2.10. The molecule has 0 saturated carbocycles. The Kier molecular flexibility index (Phi) is 4.73. The van der Waals surface area contributed by atoms with Crippen molar-refractivity contribution >= 4 is 11.8 Å². The zero-order chi connectivity index (χ0) is 12.1. The molecule has 5 nitrogen and oxygen atoms in total. The van der Waals surface area contributed by atoms with Crippen LogP contribution in [0, 0.1) is 11.8 Å². The van der Waals surface area contributed by atoms with E-state index < -0.39 is 0 Å². The minimum absolute atomic E-state index is 0.0184. The van der Waals surface area contributed by atoms with Crippen LogP contribution < -0.4 is 11.5 Å². The molecule has 1 unspecified atom stereocenters. The molecule has 0 radical (unpaired) electrons. The highest BCUT2D eigenvalue weighted by Crippen LogP contribution is 2.19. The lowest BCUT2D eigenvalue weighted by Crippen LogP contribution is -2.44. The van der Waals surface area contributed by atoms with Crippen molar-refractivity contribution in [1.82, 2.24) is 4.90 Å². The first-order chi connectivity index (χ1) is 7.56. The molecule has 0 aromatic rings. The molecule has 1 rings (SSSR count). The fourth-order valence-corrected chi connectivity index (χ4v) is 2.07. The Morgan fingerprint density at radius 1 is 1.38 bits per heavy atom. The predicted octanol–water partition coefficient (Wildman–Crippen LogP) is -0.305. The summed E-state index contributed by atoms with van der Waals surface area (Å²) in [4.78, 5) is 24.7. The van der Waals surface area contributed by atoms with E-state index in [1.807, 2.05) is 11.8 Å². The van der Waals surface area contributed by atoms with Gasteiger partial charge in [-0.3, -0.25) is 9.59 Å². The number of hydrogen-bond donors (Lipinski definition) is 2. The molecule has 0 aromatic heterocycles. The van der Waals surface area contributed by atoms with Gasteiger partial charge in [-0.25, -0.2) is 0 Å². The number of amides is 2. The van der Waals surface area contributed by atoms with Crippen LogP contribution in [0.25, 0.3) is 0 Å². The number of likely N-dealkylation sites (tertiary alicyclic amines) is 1. The lowest BCUT2D eigenvalue weighted by Gasteiger charge is -2.32. The topological polar surface area (TPSA) is 89.4 Å². The number of rotatable bonds is 4. The fraction of sp³-hybridized carbons (Fsp3) is 0.818. The van der Waals surface area contributed by atoms with E-state index in [9.17, 15) is 9.59 Å². The number of nitrogens with zero attached hydrogens (tertiary/aromatic N) is 1. The minimum Gasteiger partial charge on any atom is -0.369 e. The average Bonchev–Trinajstić information content (AvgIpc) is 2.28. The van der Waals surface area contributed by atoms with Crippen molar-refractivity contribution in [2.45, 2.75) is 26.2 Å². The maximum absolute atomic E-state index is 11.9. The molecule has 0 aliphatic carbocycles. The van der Waals surface area contributed by atoms with Crippen LogP contribution in [-0.2, 0) is 9.59 Å². The third-order valence-electron chi connectivity index (χ3n) is 3.23. The van der Waals surface area contributed by atoms with Crippen molar-refractivity contribution in [3.05, 3.63) is 0 Å². The molecular weight excluding hydrogens is 206 g/mol. The lowest BCUT2D eigenvalue weighted by atomic mass is 9.95. The standard InChI is InChI=1S/C11H21N3O2/c1-8(2-5-12)11(16)14-6-3-9(4-7-14)10(13)15/h8-9H,2-7,12H2,1H3,(H2,13,15). The van der Waals surface area contributed by atoms with Crippen LogP contribution in [0.3, 0.4) is 0 Å². The summed E-state index contributed by atoms with van der Waals surface area (Å²) >= 11 is 0. The van der Waals surface area contributed by atoms with E-state index in [2.05, 4.69) is 0 Å². The van der Waals surface area contributed by atoms with E-state index in [0.717, 1.165) is 0 Å². The number of piperidine rings is 1. The monoisotopic (exact) mass is 227 g/mol. The first kappa shape index (κ1) is 13.0. The van der Waals surface area contributed by atoms with Crippen LogP contribution in [0.4, 0.5) is 0 Å². The Bertz CT molecular complexity index is 260. The van der Waals surface area contributed by atoms with Gasteiger partial charge in [0.1, 0.15) is 0 Å². The summed E-state index contributed by atoms with van der Waals surface area (Å²) in [5, 5.41) is 0. The maximum atomic E-state index is 11.9. The van der Waals surface area contributed by atoms with E-state index in [-0.39, 0.29) is 23.7 Å². The Balaban J connectivity index is 2.41. The van der Waals surface area contributed by atoms with Crippen LogP contribution in [0.2, 0.25) is 0 Å². The molecule has 1 fully saturated rings. The highest BCUT2D eigenvalue weighted by molar-refractivity contribution is 5.80. The minimum atomic E-state index is -0.248. The molecule has 16 heavy (non-hydrogen) atoms. The number of carbonyl (C=O) groups excluding carboxylic acids is 2. The van der Waals surface area contributed by atoms with E-state index in [4.69, 9.17) is 11.5 Å². The zero-order valence-electron chi connectivity index (χ0n) is 9.82. The molecule has 0 aromatic carbocycles. The fourth-order valence-electron chi connectivity index (χ4n) is 2.07. The van der Waals surface area contributed by atoms with Crippen molar-refractivity contribution in [2.24, 2.45) is 23.3 Å². The van der Waals surface area contributed by atoms with Gasteiger partial charge in [-0.2, -0.15) is 0 Å². The summed E-state index contributed by atoms with van der Waals surface area (Å²) in [5.41, 5.74) is 10.7. The summed E-state index contributed by atoms with van der Waals surface area (Å²) in [6.45, 7) is 3.71. The van der Waals surface area contributed by atoms with Crippen LogP contribution in [0.5, 0.6) is 0 Å². The van der Waals surface area contributed by atoms with Crippen LogP contribution in [0.15, 0.2) is 0 Å². The summed E-state index contributed by atoms with van der Waals surface area (Å²) in [6, 6.07) is 0. The van der Waals surface area contributed by atoms with Gasteiger partial charge in [0.2, 0.25) is 11.8 Å². The molecule has 4 N–H and O–H groups in total. The van der Waals surface area contributed by atoms with E-state index in [1.165, 1.54) is 0 Å². The second-order valence-electron chi connectivity index (χ2n) is 4.48. The third-order valence-corrected chi connectivity index (χ3v) is 3.23. The van der Waals surface area contributed by atoms with E-state index in [0.29, 0.717) is 38.9 Å². The molecule has 1 aliphatic rings. The first-order valence-corrected chi connectivity index (χ1v) is 5.84. The summed E-state index contributed by atoms with van der Waals surface area (Å²) in [7, 11) is 0. The van der Waals surface area contributed by atoms with Gasteiger partial charge in [0.15, 0.2) is 0 Å². The zero-order valence-corrected chi connectivity index (χ0v) is 9.82. The molecule has 1 heterocycles. The van der Waals surface area contributed by atoms with Crippen molar-refractivity contribution in [2.75, 3.05) is 19.6 Å². The Hall–Kier alpha value is -1.10. The van der Waals surface area contributed by atoms with Gasteiger partial charge in [0.05, 0.1) is 0 Å². The van der Waals surface area contributed by atoms with Gasteiger partial charge in [-0.1, -0.05) is 6.92 Å². The lowest BCUT2D eigenvalue weighted by molar-refractivity contribution is -0.138. The molecule has 1 aliphatic heterocycles. The smallest absolute Gasteiger partial charge is 0.225 e. The molecule has 1 atom stereocenters. The van der Waals surface area contributed by atoms with Crippen molar-refractivity contribution in [1.29, 1.82) is 0 Å². The second-order valence-corrected chi connectivity index (χ2v) is 4.48. The number of hydrogen-bond acceptors (Lipinski definition) is 3. The van der Waals surface area contributed by atoms with Gasteiger partial charge in [-0.15, -0.1) is 0 Å². The van der Waals surface area contributed by atoms with Gasteiger partial charge >= 0.3 is 0 Å². The summed E-state index contributed by atoms with van der Waals surface area (Å²) < 4.78 is 0. The second kappa shape index (κ2) is 5.84. The number of primary amides is 1.